The molecule has 1 aromatic rings. The van der Waals surface area contributed by atoms with E-state index in [1.54, 1.807) is 19.9 Å². The summed E-state index contributed by atoms with van der Waals surface area (Å²) in [5.74, 6) is -1.56. The summed E-state index contributed by atoms with van der Waals surface area (Å²) < 4.78 is 1.19. The van der Waals surface area contributed by atoms with Crippen LogP contribution in [0.15, 0.2) is 10.9 Å². The number of carboxylic acids is 1. The van der Waals surface area contributed by atoms with Crippen LogP contribution in [0.4, 0.5) is 0 Å². The molecule has 0 radical (unpaired) electrons. The highest BCUT2D eigenvalue weighted by Gasteiger charge is 2.17. The number of amides is 1. The van der Waals surface area contributed by atoms with Crippen LogP contribution in [0.1, 0.15) is 41.4 Å². The highest BCUT2D eigenvalue weighted by Crippen LogP contribution is 2.06. The van der Waals surface area contributed by atoms with E-state index in [9.17, 15) is 14.4 Å². The standard InChI is InChI=1S/C14H20N2O4/c1-4-5-6-15-11(17)8-16-10(3)7-9(2)12(13(16)18)14(19)20/h7H,4-6,8H2,1-3H3,(H,15,17)(H,19,20). The van der Waals surface area contributed by atoms with Gasteiger partial charge < -0.3 is 15.0 Å². The van der Waals surface area contributed by atoms with Gasteiger partial charge in [-0.1, -0.05) is 13.3 Å². The number of carboxylic acid groups (broad SMARTS) is 1. The average molecular weight is 280 g/mol. The predicted molar refractivity (Wildman–Crippen MR) is 75.1 cm³/mol. The lowest BCUT2D eigenvalue weighted by atomic mass is 10.1. The van der Waals surface area contributed by atoms with Crippen LogP contribution in [0, 0.1) is 13.8 Å². The first-order valence-corrected chi connectivity index (χ1v) is 6.59. The number of aromatic carboxylic acids is 1. The molecule has 1 aromatic heterocycles. The largest absolute Gasteiger partial charge is 0.477 e. The Morgan fingerprint density at radius 3 is 2.55 bits per heavy atom. The Kier molecular flexibility index (Phi) is 5.49. The van der Waals surface area contributed by atoms with Crippen LogP contribution < -0.4 is 10.9 Å². The Morgan fingerprint density at radius 2 is 2.00 bits per heavy atom. The lowest BCUT2D eigenvalue weighted by Crippen LogP contribution is -2.36. The van der Waals surface area contributed by atoms with Gasteiger partial charge in [-0.25, -0.2) is 4.79 Å². The van der Waals surface area contributed by atoms with Gasteiger partial charge in [0.2, 0.25) is 5.91 Å². The second kappa shape index (κ2) is 6.88. The van der Waals surface area contributed by atoms with E-state index in [0.29, 0.717) is 17.8 Å². The summed E-state index contributed by atoms with van der Waals surface area (Å²) in [5, 5.41) is 11.8. The Labute approximate surface area is 117 Å². The molecule has 0 aromatic carbocycles. The summed E-state index contributed by atoms with van der Waals surface area (Å²) >= 11 is 0. The molecule has 0 bridgehead atoms. The van der Waals surface area contributed by atoms with Gasteiger partial charge in [0, 0.05) is 12.2 Å². The molecule has 1 heterocycles. The number of rotatable bonds is 6. The molecule has 0 unspecified atom stereocenters. The van der Waals surface area contributed by atoms with Crippen LogP contribution in [-0.4, -0.2) is 28.1 Å². The fourth-order valence-electron chi connectivity index (χ4n) is 1.99. The second-order valence-electron chi connectivity index (χ2n) is 4.74. The van der Waals surface area contributed by atoms with Crippen molar-refractivity contribution < 1.29 is 14.7 Å². The zero-order valence-corrected chi connectivity index (χ0v) is 12.0. The molecule has 1 amide bonds. The summed E-state index contributed by atoms with van der Waals surface area (Å²) in [7, 11) is 0. The molecular formula is C14H20N2O4. The van der Waals surface area contributed by atoms with E-state index in [0.717, 1.165) is 12.8 Å². The number of aromatic nitrogens is 1. The van der Waals surface area contributed by atoms with Crippen LogP contribution >= 0.6 is 0 Å². The quantitative estimate of drug-likeness (QED) is 0.763. The molecular weight excluding hydrogens is 260 g/mol. The topological polar surface area (TPSA) is 88.4 Å². The molecule has 6 nitrogen and oxygen atoms in total. The SMILES string of the molecule is CCCCNC(=O)Cn1c(C)cc(C)c(C(=O)O)c1=O. The summed E-state index contributed by atoms with van der Waals surface area (Å²) in [6, 6.07) is 1.60. The van der Waals surface area contributed by atoms with Crippen molar-refractivity contribution in [3.8, 4) is 0 Å². The Morgan fingerprint density at radius 1 is 1.35 bits per heavy atom. The third kappa shape index (κ3) is 3.69. The van der Waals surface area contributed by atoms with E-state index in [1.807, 2.05) is 6.92 Å². The normalized spacial score (nSPS) is 10.3. The van der Waals surface area contributed by atoms with Crippen molar-refractivity contribution in [1.29, 1.82) is 0 Å². The highest BCUT2D eigenvalue weighted by molar-refractivity contribution is 5.89. The van der Waals surface area contributed by atoms with Crippen LogP contribution in [-0.2, 0) is 11.3 Å². The molecule has 0 aliphatic heterocycles. The number of hydrogen-bond donors (Lipinski definition) is 2. The molecule has 1 rings (SSSR count). The van der Waals surface area contributed by atoms with Gasteiger partial charge in [-0.05, 0) is 31.9 Å². The number of hydrogen-bond acceptors (Lipinski definition) is 3. The number of nitrogens with one attached hydrogen (secondary N) is 1. The molecule has 0 fully saturated rings. The van der Waals surface area contributed by atoms with E-state index in [-0.39, 0.29) is 18.0 Å². The van der Waals surface area contributed by atoms with Crippen LogP contribution in [0.25, 0.3) is 0 Å². The average Bonchev–Trinajstić information content (AvgIpc) is 2.34. The number of unbranched alkanes of at least 4 members (excludes halogenated alkanes) is 1. The van der Waals surface area contributed by atoms with Crippen molar-refractivity contribution in [3.05, 3.63) is 33.2 Å². The molecule has 20 heavy (non-hydrogen) atoms. The van der Waals surface area contributed by atoms with Crippen molar-refractivity contribution in [2.24, 2.45) is 0 Å². The first-order chi connectivity index (χ1) is 9.38. The van der Waals surface area contributed by atoms with Crippen molar-refractivity contribution >= 4 is 11.9 Å². The van der Waals surface area contributed by atoms with Gasteiger partial charge in [0.15, 0.2) is 0 Å². The second-order valence-corrected chi connectivity index (χ2v) is 4.74. The highest BCUT2D eigenvalue weighted by atomic mass is 16.4. The maximum Gasteiger partial charge on any atom is 0.341 e. The number of nitrogens with zero attached hydrogens (tertiary/aromatic N) is 1. The van der Waals surface area contributed by atoms with Crippen molar-refractivity contribution in [1.82, 2.24) is 9.88 Å². The summed E-state index contributed by atoms with van der Waals surface area (Å²) in [5.41, 5.74) is 0.0587. The van der Waals surface area contributed by atoms with Gasteiger partial charge in [0.1, 0.15) is 12.1 Å². The fourth-order valence-corrected chi connectivity index (χ4v) is 1.99. The summed E-state index contributed by atoms with van der Waals surface area (Å²) in [6.45, 7) is 5.67. The van der Waals surface area contributed by atoms with Crippen molar-refractivity contribution in [2.45, 2.75) is 40.2 Å². The van der Waals surface area contributed by atoms with E-state index in [1.165, 1.54) is 4.57 Å². The monoisotopic (exact) mass is 280 g/mol. The van der Waals surface area contributed by atoms with Gasteiger partial charge in [-0.2, -0.15) is 0 Å². The molecule has 0 aliphatic rings. The third-order valence-corrected chi connectivity index (χ3v) is 3.07. The van der Waals surface area contributed by atoms with E-state index in [2.05, 4.69) is 5.32 Å². The minimum absolute atomic E-state index is 0.158. The molecule has 0 saturated carbocycles. The van der Waals surface area contributed by atoms with Gasteiger partial charge in [-0.15, -0.1) is 0 Å². The number of aryl methyl sites for hydroxylation is 2. The molecule has 110 valence electrons. The molecule has 6 heteroatoms. The molecule has 2 N–H and O–H groups in total. The lowest BCUT2D eigenvalue weighted by molar-refractivity contribution is -0.121. The minimum atomic E-state index is -1.27. The van der Waals surface area contributed by atoms with Crippen molar-refractivity contribution in [3.63, 3.8) is 0 Å². The molecule has 0 spiro atoms. The third-order valence-electron chi connectivity index (χ3n) is 3.07. The molecule has 0 atom stereocenters. The van der Waals surface area contributed by atoms with Gasteiger partial charge in [0.25, 0.3) is 5.56 Å². The van der Waals surface area contributed by atoms with Gasteiger partial charge in [0.05, 0.1) is 0 Å². The minimum Gasteiger partial charge on any atom is -0.477 e. The first kappa shape index (κ1) is 15.9. The Hall–Kier alpha value is -2.11. The maximum absolute atomic E-state index is 12.1. The Bertz CT molecular complexity index is 575. The predicted octanol–water partition coefficient (Wildman–Crippen LogP) is 1.08. The maximum atomic E-state index is 12.1. The van der Waals surface area contributed by atoms with E-state index in [4.69, 9.17) is 5.11 Å². The van der Waals surface area contributed by atoms with Crippen LogP contribution in [0.3, 0.4) is 0 Å². The number of pyridine rings is 1. The Balaban J connectivity index is 3.01. The van der Waals surface area contributed by atoms with Crippen LogP contribution in [0.5, 0.6) is 0 Å². The van der Waals surface area contributed by atoms with Gasteiger partial charge in [-0.3, -0.25) is 9.59 Å². The first-order valence-electron chi connectivity index (χ1n) is 6.59. The smallest absolute Gasteiger partial charge is 0.341 e. The van der Waals surface area contributed by atoms with E-state index >= 15 is 0 Å². The van der Waals surface area contributed by atoms with E-state index < -0.39 is 11.5 Å². The summed E-state index contributed by atoms with van der Waals surface area (Å²) in [6.07, 6.45) is 1.83. The molecule has 0 saturated heterocycles. The summed E-state index contributed by atoms with van der Waals surface area (Å²) in [4.78, 5) is 34.9. The van der Waals surface area contributed by atoms with Crippen LogP contribution in [0.2, 0.25) is 0 Å². The van der Waals surface area contributed by atoms with Crippen molar-refractivity contribution in [2.75, 3.05) is 6.54 Å². The lowest BCUT2D eigenvalue weighted by Gasteiger charge is -2.12. The zero-order chi connectivity index (χ0) is 15.3. The number of carbonyl (C=O) groups is 2. The van der Waals surface area contributed by atoms with Gasteiger partial charge >= 0.3 is 5.97 Å². The fraction of sp³-hybridized carbons (Fsp3) is 0.500. The molecule has 0 aliphatic carbocycles. The zero-order valence-electron chi connectivity index (χ0n) is 12.0. The number of carbonyl (C=O) groups excluding carboxylic acids is 1.